The molecule has 3 rings (SSSR count). The highest BCUT2D eigenvalue weighted by Gasteiger charge is 2.21. The number of rotatable bonds is 7. The number of sulfonamides is 1. The predicted octanol–water partition coefficient (Wildman–Crippen LogP) is 1.66. The van der Waals surface area contributed by atoms with Crippen LogP contribution < -0.4 is 14.9 Å². The van der Waals surface area contributed by atoms with Gasteiger partial charge in [-0.3, -0.25) is 14.4 Å². The Labute approximate surface area is 179 Å². The van der Waals surface area contributed by atoms with Crippen LogP contribution in [0.3, 0.4) is 0 Å². The molecule has 0 bridgehead atoms. The van der Waals surface area contributed by atoms with E-state index in [-0.39, 0.29) is 29.5 Å². The molecule has 1 amide bonds. The Kier molecular flexibility index (Phi) is 6.76. The van der Waals surface area contributed by atoms with Gasteiger partial charge in [0.25, 0.3) is 0 Å². The molecule has 0 saturated carbocycles. The highest BCUT2D eigenvalue weighted by molar-refractivity contribution is 7.92. The van der Waals surface area contributed by atoms with E-state index in [1.165, 1.54) is 36.4 Å². The average molecular weight is 450 g/mol. The Hall–Kier alpha value is -3.18. The number of hydrogen-bond donors (Lipinski definition) is 3. The minimum atomic E-state index is -3.60. The standard InChI is InChI=1S/C20H23FN4O5S/c1-31(29,30)23-18-7-6-16(12-17(18)20(27)28)25-10-8-24(9-11-25)13-19(26)22-15-4-2-14(21)3-5-15/h2-7,12,23H,8-11,13H2,1H3,(H,22,26)(H,27,28). The number of carboxylic acids is 1. The first-order valence-electron chi connectivity index (χ1n) is 9.48. The van der Waals surface area contributed by atoms with Gasteiger partial charge in [0.05, 0.1) is 24.1 Å². The first kappa shape index (κ1) is 22.5. The molecule has 11 heteroatoms. The van der Waals surface area contributed by atoms with E-state index in [1.807, 2.05) is 9.80 Å². The lowest BCUT2D eigenvalue weighted by atomic mass is 10.1. The number of nitrogens with one attached hydrogen (secondary N) is 2. The molecular formula is C20H23FN4O5S. The summed E-state index contributed by atoms with van der Waals surface area (Å²) in [6.45, 7) is 2.50. The van der Waals surface area contributed by atoms with E-state index in [9.17, 15) is 27.5 Å². The lowest BCUT2D eigenvalue weighted by molar-refractivity contribution is -0.117. The summed E-state index contributed by atoms with van der Waals surface area (Å²) in [5.74, 6) is -1.81. The molecule has 1 saturated heterocycles. The second kappa shape index (κ2) is 9.31. The average Bonchev–Trinajstić information content (AvgIpc) is 2.69. The molecule has 1 heterocycles. The molecule has 0 radical (unpaired) electrons. The Balaban J connectivity index is 1.58. The van der Waals surface area contributed by atoms with Crippen LogP contribution >= 0.6 is 0 Å². The Morgan fingerprint density at radius 2 is 1.71 bits per heavy atom. The van der Waals surface area contributed by atoms with Crippen LogP contribution in [0.15, 0.2) is 42.5 Å². The molecule has 1 fully saturated rings. The zero-order valence-electron chi connectivity index (χ0n) is 16.8. The van der Waals surface area contributed by atoms with E-state index < -0.39 is 16.0 Å². The fourth-order valence-electron chi connectivity index (χ4n) is 3.30. The maximum absolute atomic E-state index is 12.9. The van der Waals surface area contributed by atoms with Crippen LogP contribution in [0.1, 0.15) is 10.4 Å². The normalized spacial score (nSPS) is 14.8. The molecule has 0 unspecified atom stereocenters. The van der Waals surface area contributed by atoms with Crippen LogP contribution in [0.4, 0.5) is 21.5 Å². The number of amides is 1. The van der Waals surface area contributed by atoms with Crippen LogP contribution in [-0.2, 0) is 14.8 Å². The number of piperazine rings is 1. The maximum atomic E-state index is 12.9. The van der Waals surface area contributed by atoms with Gasteiger partial charge >= 0.3 is 5.97 Å². The number of halogens is 1. The van der Waals surface area contributed by atoms with Crippen LogP contribution in [0.2, 0.25) is 0 Å². The number of anilines is 3. The smallest absolute Gasteiger partial charge is 0.337 e. The third kappa shape index (κ3) is 6.40. The van der Waals surface area contributed by atoms with Gasteiger partial charge in [-0.1, -0.05) is 0 Å². The minimum absolute atomic E-state index is 0.00912. The Morgan fingerprint density at radius 1 is 1.06 bits per heavy atom. The molecule has 2 aromatic rings. The molecule has 9 nitrogen and oxygen atoms in total. The summed E-state index contributed by atoms with van der Waals surface area (Å²) in [6.07, 6.45) is 0.956. The van der Waals surface area contributed by atoms with Crippen LogP contribution in [-0.4, -0.2) is 69.3 Å². The lowest BCUT2D eigenvalue weighted by Gasteiger charge is -2.36. The lowest BCUT2D eigenvalue weighted by Crippen LogP contribution is -2.48. The molecular weight excluding hydrogens is 427 g/mol. The number of carbonyl (C=O) groups is 2. The van der Waals surface area contributed by atoms with Crippen molar-refractivity contribution in [3.8, 4) is 0 Å². The molecule has 166 valence electrons. The van der Waals surface area contributed by atoms with Crippen molar-refractivity contribution >= 4 is 39.0 Å². The minimum Gasteiger partial charge on any atom is -0.478 e. The van der Waals surface area contributed by atoms with Gasteiger partial charge in [0.2, 0.25) is 15.9 Å². The van der Waals surface area contributed by atoms with Gasteiger partial charge < -0.3 is 15.3 Å². The molecule has 1 aliphatic heterocycles. The molecule has 0 aromatic heterocycles. The number of carboxylic acid groups (broad SMARTS) is 1. The predicted molar refractivity (Wildman–Crippen MR) is 116 cm³/mol. The summed E-state index contributed by atoms with van der Waals surface area (Å²) in [4.78, 5) is 27.7. The van der Waals surface area contributed by atoms with Crippen molar-refractivity contribution < 1.29 is 27.5 Å². The fourth-order valence-corrected chi connectivity index (χ4v) is 3.87. The van der Waals surface area contributed by atoms with Gasteiger partial charge in [-0.2, -0.15) is 0 Å². The summed E-state index contributed by atoms with van der Waals surface area (Å²) in [6, 6.07) is 10.1. The number of hydrogen-bond acceptors (Lipinski definition) is 6. The van der Waals surface area contributed by atoms with Crippen molar-refractivity contribution in [2.75, 3.05) is 53.9 Å². The van der Waals surface area contributed by atoms with Gasteiger partial charge in [0, 0.05) is 37.6 Å². The maximum Gasteiger partial charge on any atom is 0.337 e. The first-order chi connectivity index (χ1) is 14.6. The summed E-state index contributed by atoms with van der Waals surface area (Å²) in [5, 5.41) is 12.2. The number of benzene rings is 2. The summed E-state index contributed by atoms with van der Waals surface area (Å²) >= 11 is 0. The second-order valence-corrected chi connectivity index (χ2v) is 8.98. The quantitative estimate of drug-likeness (QED) is 0.587. The van der Waals surface area contributed by atoms with Crippen LogP contribution in [0.5, 0.6) is 0 Å². The highest BCUT2D eigenvalue weighted by Crippen LogP contribution is 2.25. The van der Waals surface area contributed by atoms with E-state index >= 15 is 0 Å². The Morgan fingerprint density at radius 3 is 2.29 bits per heavy atom. The van der Waals surface area contributed by atoms with E-state index in [0.29, 0.717) is 37.6 Å². The summed E-state index contributed by atoms with van der Waals surface area (Å²) in [7, 11) is -3.60. The third-order valence-corrected chi connectivity index (χ3v) is 5.35. The molecule has 0 atom stereocenters. The third-order valence-electron chi connectivity index (χ3n) is 4.76. The molecule has 0 aliphatic carbocycles. The van der Waals surface area contributed by atoms with Crippen molar-refractivity contribution in [3.05, 3.63) is 53.8 Å². The van der Waals surface area contributed by atoms with Crippen LogP contribution in [0.25, 0.3) is 0 Å². The van der Waals surface area contributed by atoms with Crippen LogP contribution in [0, 0.1) is 5.82 Å². The van der Waals surface area contributed by atoms with Crippen molar-refractivity contribution in [2.24, 2.45) is 0 Å². The zero-order valence-corrected chi connectivity index (χ0v) is 17.7. The first-order valence-corrected chi connectivity index (χ1v) is 11.4. The molecule has 0 spiro atoms. The number of carbonyl (C=O) groups excluding carboxylic acids is 1. The second-order valence-electron chi connectivity index (χ2n) is 7.23. The SMILES string of the molecule is CS(=O)(=O)Nc1ccc(N2CCN(CC(=O)Nc3ccc(F)cc3)CC2)cc1C(=O)O. The van der Waals surface area contributed by atoms with Gasteiger partial charge in [0.15, 0.2) is 0 Å². The monoisotopic (exact) mass is 450 g/mol. The largest absolute Gasteiger partial charge is 0.478 e. The van der Waals surface area contributed by atoms with Gasteiger partial charge in [0.1, 0.15) is 5.82 Å². The van der Waals surface area contributed by atoms with Gasteiger partial charge in [-0.05, 0) is 42.5 Å². The zero-order chi connectivity index (χ0) is 22.6. The molecule has 1 aliphatic rings. The van der Waals surface area contributed by atoms with Gasteiger partial charge in [-0.25, -0.2) is 17.6 Å². The van der Waals surface area contributed by atoms with Crippen molar-refractivity contribution in [1.29, 1.82) is 0 Å². The van der Waals surface area contributed by atoms with Crippen molar-refractivity contribution in [3.63, 3.8) is 0 Å². The molecule has 3 N–H and O–H groups in total. The number of nitrogens with zero attached hydrogens (tertiary/aromatic N) is 2. The Bertz CT molecular complexity index is 1070. The highest BCUT2D eigenvalue weighted by atomic mass is 32.2. The summed E-state index contributed by atoms with van der Waals surface area (Å²) < 4.78 is 38.1. The van der Waals surface area contributed by atoms with Crippen molar-refractivity contribution in [2.45, 2.75) is 0 Å². The van der Waals surface area contributed by atoms with Crippen molar-refractivity contribution in [1.82, 2.24) is 4.90 Å². The van der Waals surface area contributed by atoms with E-state index in [2.05, 4.69) is 10.0 Å². The molecule has 31 heavy (non-hydrogen) atoms. The van der Waals surface area contributed by atoms with E-state index in [4.69, 9.17) is 0 Å². The van der Waals surface area contributed by atoms with Gasteiger partial charge in [-0.15, -0.1) is 0 Å². The van der Waals surface area contributed by atoms with E-state index in [1.54, 1.807) is 6.07 Å². The summed E-state index contributed by atoms with van der Waals surface area (Å²) in [5.41, 5.74) is 1.06. The fraction of sp³-hybridized carbons (Fsp3) is 0.300. The topological polar surface area (TPSA) is 119 Å². The molecule has 2 aromatic carbocycles. The number of aromatic carboxylic acids is 1. The van der Waals surface area contributed by atoms with E-state index in [0.717, 1.165) is 6.26 Å².